The van der Waals surface area contributed by atoms with Crippen molar-refractivity contribution in [1.29, 1.82) is 0 Å². The minimum Gasteiger partial charge on any atom is -0.357 e. The maximum absolute atomic E-state index is 12.4. The molecule has 0 fully saturated rings. The summed E-state index contributed by atoms with van der Waals surface area (Å²) in [6.07, 6.45) is -0.142. The molecule has 0 aliphatic heterocycles. The molecule has 0 aliphatic carbocycles. The summed E-state index contributed by atoms with van der Waals surface area (Å²) in [7, 11) is 1.79. The number of rotatable bonds is 5. The van der Waals surface area contributed by atoms with Crippen molar-refractivity contribution in [3.63, 3.8) is 0 Å². The lowest BCUT2D eigenvalue weighted by Gasteiger charge is -2.15. The van der Waals surface area contributed by atoms with E-state index >= 15 is 0 Å². The fourth-order valence-corrected chi connectivity index (χ4v) is 1.12. The molecule has 0 aliphatic rings. The summed E-state index contributed by atoms with van der Waals surface area (Å²) >= 11 is 0. The van der Waals surface area contributed by atoms with Gasteiger partial charge in [0.05, 0.1) is 6.54 Å². The van der Waals surface area contributed by atoms with Gasteiger partial charge in [0.25, 0.3) is 0 Å². The number of nitrogens with one attached hydrogen (secondary N) is 1. The number of hydrogen-bond acceptors (Lipinski definition) is 1. The molecule has 1 aromatic rings. The highest BCUT2D eigenvalue weighted by Gasteiger charge is 2.39. The predicted octanol–water partition coefficient (Wildman–Crippen LogP) is 2.02. The summed E-state index contributed by atoms with van der Waals surface area (Å²) < 4.78 is 50.1. The maximum Gasteiger partial charge on any atom is 0.319 e. The van der Waals surface area contributed by atoms with E-state index in [4.69, 9.17) is 0 Å². The summed E-state index contributed by atoms with van der Waals surface area (Å²) in [6.45, 7) is -0.858. The van der Waals surface area contributed by atoms with Gasteiger partial charge in [-0.25, -0.2) is 8.78 Å². The zero-order valence-corrected chi connectivity index (χ0v) is 8.18. The average molecular weight is 224 g/mol. The minimum atomic E-state index is -3.96. The molecule has 0 saturated carbocycles. The molecule has 1 N–H and O–H groups in total. The van der Waals surface area contributed by atoms with Gasteiger partial charge in [-0.3, -0.25) is 0 Å². The Hall–Kier alpha value is -1.04. The number of halogens is 4. The first kappa shape index (κ1) is 12.0. The molecule has 0 bridgehead atoms. The van der Waals surface area contributed by atoms with Crippen LogP contribution in [0.2, 0.25) is 0 Å². The lowest BCUT2D eigenvalue weighted by atomic mass is 10.3. The first-order valence-corrected chi connectivity index (χ1v) is 4.39. The van der Waals surface area contributed by atoms with Crippen LogP contribution in [-0.2, 0) is 13.6 Å². The highest BCUT2D eigenvalue weighted by molar-refractivity contribution is 5.09. The number of aryl methyl sites for hydroxylation is 1. The highest BCUT2D eigenvalue weighted by Crippen LogP contribution is 2.21. The van der Waals surface area contributed by atoms with E-state index in [1.54, 1.807) is 30.1 Å². The van der Waals surface area contributed by atoms with Gasteiger partial charge >= 0.3 is 12.3 Å². The second-order valence-electron chi connectivity index (χ2n) is 3.35. The van der Waals surface area contributed by atoms with Crippen molar-refractivity contribution < 1.29 is 17.6 Å². The van der Waals surface area contributed by atoms with Crippen LogP contribution in [0.25, 0.3) is 0 Å². The smallest absolute Gasteiger partial charge is 0.319 e. The van der Waals surface area contributed by atoms with Gasteiger partial charge in [0.15, 0.2) is 0 Å². The third kappa shape index (κ3) is 3.54. The Morgan fingerprint density at radius 1 is 1.47 bits per heavy atom. The molecule has 1 heterocycles. The van der Waals surface area contributed by atoms with Gasteiger partial charge in [-0.15, -0.1) is 0 Å². The largest absolute Gasteiger partial charge is 0.357 e. The van der Waals surface area contributed by atoms with Crippen molar-refractivity contribution in [2.24, 2.45) is 7.05 Å². The number of hydrogen-bond donors (Lipinski definition) is 1. The van der Waals surface area contributed by atoms with Gasteiger partial charge in [0.1, 0.15) is 0 Å². The van der Waals surface area contributed by atoms with Gasteiger partial charge in [-0.05, 0) is 11.6 Å². The summed E-state index contributed by atoms with van der Waals surface area (Å²) in [5, 5.41) is 2.29. The molecule has 1 aromatic heterocycles. The molecule has 0 radical (unpaired) electrons. The van der Waals surface area contributed by atoms with E-state index < -0.39 is 18.9 Å². The van der Waals surface area contributed by atoms with E-state index in [-0.39, 0.29) is 6.54 Å². The molecule has 1 rings (SSSR count). The fourth-order valence-electron chi connectivity index (χ4n) is 1.12. The van der Waals surface area contributed by atoms with Crippen LogP contribution in [0.3, 0.4) is 0 Å². The Balaban J connectivity index is 2.33. The Morgan fingerprint density at radius 2 is 2.13 bits per heavy atom. The van der Waals surface area contributed by atoms with Gasteiger partial charge in [0, 0.05) is 26.0 Å². The Kier molecular flexibility index (Phi) is 3.73. The van der Waals surface area contributed by atoms with Crippen LogP contribution < -0.4 is 5.32 Å². The highest BCUT2D eigenvalue weighted by atomic mass is 19.3. The zero-order valence-electron chi connectivity index (χ0n) is 8.18. The van der Waals surface area contributed by atoms with Crippen molar-refractivity contribution >= 4 is 0 Å². The van der Waals surface area contributed by atoms with Crippen LogP contribution in [0.15, 0.2) is 18.5 Å². The lowest BCUT2D eigenvalue weighted by molar-refractivity contribution is -0.125. The molecule has 0 saturated heterocycles. The molecule has 0 spiro atoms. The molecule has 0 unspecified atom stereocenters. The average Bonchev–Trinajstić information content (AvgIpc) is 2.51. The molecular weight excluding hydrogens is 212 g/mol. The monoisotopic (exact) mass is 224 g/mol. The molecule has 15 heavy (non-hydrogen) atoms. The first-order valence-electron chi connectivity index (χ1n) is 4.39. The third-order valence-corrected chi connectivity index (χ3v) is 1.90. The van der Waals surface area contributed by atoms with Gasteiger partial charge < -0.3 is 9.88 Å². The molecule has 0 atom stereocenters. The van der Waals surface area contributed by atoms with Crippen molar-refractivity contribution in [2.45, 2.75) is 18.9 Å². The third-order valence-electron chi connectivity index (χ3n) is 1.90. The summed E-state index contributed by atoms with van der Waals surface area (Å²) in [6, 6.07) is 1.73. The molecule has 2 nitrogen and oxygen atoms in total. The summed E-state index contributed by atoms with van der Waals surface area (Å²) in [4.78, 5) is 0. The fraction of sp³-hybridized carbons (Fsp3) is 0.556. The van der Waals surface area contributed by atoms with Crippen molar-refractivity contribution in [3.8, 4) is 0 Å². The van der Waals surface area contributed by atoms with Gasteiger partial charge in [-0.1, -0.05) is 0 Å². The predicted molar refractivity (Wildman–Crippen MR) is 48.1 cm³/mol. The summed E-state index contributed by atoms with van der Waals surface area (Å²) in [5.74, 6) is -3.96. The number of aromatic nitrogens is 1. The standard InChI is InChI=1S/C9H12F4N2/c1-15-3-2-7(5-15)4-14-6-9(12,13)8(10)11/h2-3,5,8,14H,4,6H2,1H3. The zero-order chi connectivity index (χ0) is 11.5. The summed E-state index contributed by atoms with van der Waals surface area (Å²) in [5.41, 5.74) is 0.780. The molecule has 0 amide bonds. The quantitative estimate of drug-likeness (QED) is 0.757. The van der Waals surface area contributed by atoms with E-state index in [0.717, 1.165) is 5.56 Å². The molecule has 6 heteroatoms. The van der Waals surface area contributed by atoms with Crippen molar-refractivity contribution in [1.82, 2.24) is 9.88 Å². The number of alkyl halides is 4. The Bertz CT molecular complexity index is 309. The van der Waals surface area contributed by atoms with Crippen LogP contribution >= 0.6 is 0 Å². The molecule has 0 aromatic carbocycles. The topological polar surface area (TPSA) is 17.0 Å². The maximum atomic E-state index is 12.4. The van der Waals surface area contributed by atoms with Crippen LogP contribution in [-0.4, -0.2) is 23.5 Å². The van der Waals surface area contributed by atoms with Crippen LogP contribution in [0, 0.1) is 0 Å². The van der Waals surface area contributed by atoms with E-state index in [2.05, 4.69) is 5.32 Å². The Morgan fingerprint density at radius 3 is 2.60 bits per heavy atom. The van der Waals surface area contributed by atoms with Crippen LogP contribution in [0.5, 0.6) is 0 Å². The Labute approximate surface area is 84.9 Å². The normalized spacial score (nSPS) is 12.4. The van der Waals surface area contributed by atoms with Crippen LogP contribution in [0.4, 0.5) is 17.6 Å². The van der Waals surface area contributed by atoms with Crippen LogP contribution in [0.1, 0.15) is 5.56 Å². The molecule has 86 valence electrons. The van der Waals surface area contributed by atoms with Crippen molar-refractivity contribution in [3.05, 3.63) is 24.0 Å². The van der Waals surface area contributed by atoms with Crippen molar-refractivity contribution in [2.75, 3.05) is 6.54 Å². The number of nitrogens with zero attached hydrogens (tertiary/aromatic N) is 1. The van der Waals surface area contributed by atoms with Gasteiger partial charge in [0.2, 0.25) is 0 Å². The SMILES string of the molecule is Cn1ccc(CNCC(F)(F)C(F)F)c1. The van der Waals surface area contributed by atoms with E-state index in [1.165, 1.54) is 0 Å². The minimum absolute atomic E-state index is 0.156. The van der Waals surface area contributed by atoms with E-state index in [0.29, 0.717) is 0 Å². The van der Waals surface area contributed by atoms with E-state index in [1.807, 2.05) is 0 Å². The molecular formula is C9H12F4N2. The second kappa shape index (κ2) is 4.65. The van der Waals surface area contributed by atoms with Gasteiger partial charge in [-0.2, -0.15) is 8.78 Å². The van der Waals surface area contributed by atoms with E-state index in [9.17, 15) is 17.6 Å². The second-order valence-corrected chi connectivity index (χ2v) is 3.35. The first-order chi connectivity index (χ1) is 6.92. The lowest BCUT2D eigenvalue weighted by Crippen LogP contribution is -2.38.